The number of thiophene rings is 1. The van der Waals surface area contributed by atoms with E-state index in [4.69, 9.17) is 13.8 Å². The third-order valence-electron chi connectivity index (χ3n) is 9.09. The second-order valence-electron chi connectivity index (χ2n) is 12.0. The van der Waals surface area contributed by atoms with E-state index < -0.39 is 0 Å². The first-order chi connectivity index (χ1) is 23.7. The van der Waals surface area contributed by atoms with Gasteiger partial charge in [-0.1, -0.05) is 72.8 Å². The highest BCUT2D eigenvalue weighted by atomic mass is 32.1. The van der Waals surface area contributed by atoms with Crippen LogP contribution in [0.4, 0.5) is 17.1 Å². The Morgan fingerprint density at radius 2 is 1.10 bits per heavy atom. The third-order valence-corrected chi connectivity index (χ3v) is 10.2. The number of anilines is 3. The summed E-state index contributed by atoms with van der Waals surface area (Å²) in [5.74, 6) is 0.649. The molecule has 4 nitrogen and oxygen atoms in total. The molecule has 0 saturated heterocycles. The zero-order valence-electron chi connectivity index (χ0n) is 25.6. The predicted molar refractivity (Wildman–Crippen MR) is 200 cm³/mol. The number of aromatic nitrogens is 1. The quantitative estimate of drug-likeness (QED) is 0.189. The van der Waals surface area contributed by atoms with Crippen molar-refractivity contribution in [2.45, 2.75) is 0 Å². The number of rotatable bonds is 5. The van der Waals surface area contributed by atoms with E-state index in [1.807, 2.05) is 48.5 Å². The molecule has 0 fully saturated rings. The van der Waals surface area contributed by atoms with Crippen LogP contribution in [0.1, 0.15) is 0 Å². The molecule has 10 aromatic rings. The van der Waals surface area contributed by atoms with Crippen molar-refractivity contribution in [3.05, 3.63) is 158 Å². The minimum Gasteiger partial charge on any atom is -0.456 e. The molecule has 0 radical (unpaired) electrons. The fourth-order valence-corrected chi connectivity index (χ4v) is 7.86. The molecule has 10 rings (SSSR count). The number of para-hydroxylation sites is 2. The Kier molecular flexibility index (Phi) is 6.01. The van der Waals surface area contributed by atoms with Gasteiger partial charge >= 0.3 is 0 Å². The Labute approximate surface area is 279 Å². The summed E-state index contributed by atoms with van der Waals surface area (Å²) in [6.45, 7) is 0. The van der Waals surface area contributed by atoms with Crippen LogP contribution >= 0.6 is 11.3 Å². The van der Waals surface area contributed by atoms with Crippen molar-refractivity contribution in [1.82, 2.24) is 4.98 Å². The zero-order valence-corrected chi connectivity index (χ0v) is 26.4. The van der Waals surface area contributed by atoms with E-state index in [1.54, 1.807) is 11.3 Å². The summed E-state index contributed by atoms with van der Waals surface area (Å²) in [6, 6.07) is 55.1. The number of fused-ring (bicyclic) bond motifs is 7. The normalized spacial score (nSPS) is 11.8. The van der Waals surface area contributed by atoms with Gasteiger partial charge in [0.1, 0.15) is 16.7 Å². The molecule has 48 heavy (non-hydrogen) atoms. The molecule has 0 amide bonds. The standard InChI is InChI=1S/C43H26N2O2S/c1-3-9-28(10-4-1)43-44-37-26-42-36(25-40(37)47-43)35-23-29(17-22-41(35)48-42)27-15-18-31(19-16-27)45(30-11-5-2-6-12-30)32-20-21-34-33-13-7-8-14-38(33)46-39(34)24-32/h1-26H. The summed E-state index contributed by atoms with van der Waals surface area (Å²) >= 11 is 1.79. The molecule has 0 aliphatic rings. The van der Waals surface area contributed by atoms with Gasteiger partial charge in [-0.05, 0) is 90.0 Å². The van der Waals surface area contributed by atoms with Crippen molar-refractivity contribution in [1.29, 1.82) is 0 Å². The highest BCUT2D eigenvalue weighted by Crippen LogP contribution is 2.41. The highest BCUT2D eigenvalue weighted by Gasteiger charge is 2.17. The Balaban J connectivity index is 1.03. The molecule has 0 bridgehead atoms. The number of hydrogen-bond acceptors (Lipinski definition) is 5. The van der Waals surface area contributed by atoms with Crippen LogP contribution in [0, 0.1) is 0 Å². The molecule has 7 aromatic carbocycles. The molecule has 0 unspecified atom stereocenters. The maximum atomic E-state index is 6.26. The fourth-order valence-electron chi connectivity index (χ4n) is 6.76. The van der Waals surface area contributed by atoms with Gasteiger partial charge in [-0.3, -0.25) is 0 Å². The molecule has 0 saturated carbocycles. The van der Waals surface area contributed by atoms with Gasteiger partial charge in [-0.2, -0.15) is 0 Å². The van der Waals surface area contributed by atoms with Crippen molar-refractivity contribution in [3.63, 3.8) is 0 Å². The maximum Gasteiger partial charge on any atom is 0.227 e. The molecule has 5 heteroatoms. The largest absolute Gasteiger partial charge is 0.456 e. The minimum absolute atomic E-state index is 0.649. The number of oxazole rings is 1. The fraction of sp³-hybridized carbons (Fsp3) is 0. The van der Waals surface area contributed by atoms with Gasteiger partial charge in [-0.15, -0.1) is 11.3 Å². The van der Waals surface area contributed by atoms with Crippen molar-refractivity contribution in [3.8, 4) is 22.6 Å². The molecule has 0 N–H and O–H groups in total. The average Bonchev–Trinajstić information content (AvgIpc) is 3.84. The van der Waals surface area contributed by atoms with Crippen LogP contribution in [0.25, 0.3) is 75.8 Å². The van der Waals surface area contributed by atoms with Gasteiger partial charge in [0.05, 0.1) is 0 Å². The van der Waals surface area contributed by atoms with Gasteiger partial charge in [0, 0.05) is 59.6 Å². The van der Waals surface area contributed by atoms with E-state index >= 15 is 0 Å². The topological polar surface area (TPSA) is 42.4 Å². The zero-order chi connectivity index (χ0) is 31.6. The van der Waals surface area contributed by atoms with Crippen LogP contribution in [-0.2, 0) is 0 Å². The molecule has 0 spiro atoms. The van der Waals surface area contributed by atoms with E-state index in [9.17, 15) is 0 Å². The summed E-state index contributed by atoms with van der Waals surface area (Å²) in [5.41, 5.74) is 9.97. The van der Waals surface area contributed by atoms with Crippen molar-refractivity contribution in [2.24, 2.45) is 0 Å². The van der Waals surface area contributed by atoms with E-state index in [1.165, 1.54) is 25.7 Å². The van der Waals surface area contributed by atoms with E-state index in [2.05, 4.69) is 114 Å². The smallest absolute Gasteiger partial charge is 0.227 e. The average molecular weight is 635 g/mol. The van der Waals surface area contributed by atoms with Crippen LogP contribution in [0.5, 0.6) is 0 Å². The van der Waals surface area contributed by atoms with Crippen molar-refractivity contribution >= 4 is 81.6 Å². The van der Waals surface area contributed by atoms with E-state index in [0.717, 1.165) is 61.2 Å². The van der Waals surface area contributed by atoms with Crippen LogP contribution in [0.15, 0.2) is 167 Å². The number of nitrogens with zero attached hydrogens (tertiary/aromatic N) is 2. The molecule has 0 atom stereocenters. The first-order valence-corrected chi connectivity index (χ1v) is 16.8. The lowest BCUT2D eigenvalue weighted by atomic mass is 10.0. The Hall–Kier alpha value is -6.17. The minimum atomic E-state index is 0.649. The number of hydrogen-bond donors (Lipinski definition) is 0. The number of benzene rings is 7. The van der Waals surface area contributed by atoms with Crippen LogP contribution in [-0.4, -0.2) is 4.98 Å². The molecule has 3 aromatic heterocycles. The lowest BCUT2D eigenvalue weighted by molar-refractivity contribution is 0.620. The van der Waals surface area contributed by atoms with Gasteiger partial charge in [0.25, 0.3) is 0 Å². The summed E-state index contributed by atoms with van der Waals surface area (Å²) in [7, 11) is 0. The first kappa shape index (κ1) is 27.0. The SMILES string of the molecule is c1ccc(-c2nc3cc4sc5ccc(-c6ccc(N(c7ccccc7)c7ccc8c(c7)oc7ccccc78)cc6)cc5c4cc3o2)cc1. The van der Waals surface area contributed by atoms with Crippen molar-refractivity contribution < 1.29 is 8.83 Å². The maximum absolute atomic E-state index is 6.26. The Morgan fingerprint density at radius 1 is 0.417 bits per heavy atom. The Morgan fingerprint density at radius 3 is 1.96 bits per heavy atom. The summed E-state index contributed by atoms with van der Waals surface area (Å²) in [6.07, 6.45) is 0. The second-order valence-corrected chi connectivity index (χ2v) is 13.1. The van der Waals surface area contributed by atoms with E-state index in [0.29, 0.717) is 5.89 Å². The summed E-state index contributed by atoms with van der Waals surface area (Å²) in [4.78, 5) is 7.07. The molecule has 0 aliphatic heterocycles. The predicted octanol–water partition coefficient (Wildman–Crippen LogP) is 12.9. The first-order valence-electron chi connectivity index (χ1n) is 15.9. The number of furan rings is 1. The molecule has 226 valence electrons. The molecular formula is C43H26N2O2S. The van der Waals surface area contributed by atoms with Crippen LogP contribution in [0.3, 0.4) is 0 Å². The van der Waals surface area contributed by atoms with Crippen molar-refractivity contribution in [2.75, 3.05) is 4.90 Å². The molecular weight excluding hydrogens is 609 g/mol. The van der Waals surface area contributed by atoms with Gasteiger partial charge < -0.3 is 13.7 Å². The summed E-state index contributed by atoms with van der Waals surface area (Å²) in [5, 5.41) is 4.66. The third kappa shape index (κ3) is 4.40. The second kappa shape index (κ2) is 10.7. The lowest BCUT2D eigenvalue weighted by Gasteiger charge is -2.25. The van der Waals surface area contributed by atoms with Crippen LogP contribution in [0.2, 0.25) is 0 Å². The lowest BCUT2D eigenvalue weighted by Crippen LogP contribution is -2.09. The molecule has 0 aliphatic carbocycles. The summed E-state index contributed by atoms with van der Waals surface area (Å²) < 4.78 is 14.9. The Bertz CT molecular complexity index is 2780. The van der Waals surface area contributed by atoms with Gasteiger partial charge in [0.2, 0.25) is 5.89 Å². The van der Waals surface area contributed by atoms with Gasteiger partial charge in [-0.25, -0.2) is 4.98 Å². The highest BCUT2D eigenvalue weighted by molar-refractivity contribution is 7.25. The van der Waals surface area contributed by atoms with Crippen LogP contribution < -0.4 is 4.90 Å². The van der Waals surface area contributed by atoms with Gasteiger partial charge in [0.15, 0.2) is 5.58 Å². The van der Waals surface area contributed by atoms with E-state index in [-0.39, 0.29) is 0 Å². The monoisotopic (exact) mass is 634 g/mol. The molecule has 3 heterocycles.